The molecule has 0 bridgehead atoms. The molecule has 1 aromatic heterocycles. The Kier molecular flexibility index (Phi) is 5.16. The van der Waals surface area contributed by atoms with E-state index in [1.807, 2.05) is 0 Å². The van der Waals surface area contributed by atoms with Crippen molar-refractivity contribution >= 4 is 33.5 Å². The molecule has 0 aromatic carbocycles. The third-order valence-electron chi connectivity index (χ3n) is 2.30. The summed E-state index contributed by atoms with van der Waals surface area (Å²) in [4.78, 5) is 39.8. The SMILES string of the molecule is CC(=O)C(C(=O)OC(C)(C)C)C(=O)c1cncc(Br)c1. The summed E-state index contributed by atoms with van der Waals surface area (Å²) in [6.07, 6.45) is 2.82. The van der Waals surface area contributed by atoms with Gasteiger partial charge in [0.25, 0.3) is 0 Å². The number of Topliss-reactive ketones (excluding diaryl/α,β-unsaturated/α-hetero) is 2. The average molecular weight is 342 g/mol. The largest absolute Gasteiger partial charge is 0.459 e. The number of halogens is 1. The Hall–Kier alpha value is -1.56. The molecular formula is C14H16BrNO4. The lowest BCUT2D eigenvalue weighted by Crippen LogP contribution is -2.36. The van der Waals surface area contributed by atoms with Crippen LogP contribution in [0.5, 0.6) is 0 Å². The van der Waals surface area contributed by atoms with Gasteiger partial charge in [0, 0.05) is 22.4 Å². The smallest absolute Gasteiger partial charge is 0.325 e. The van der Waals surface area contributed by atoms with Crippen LogP contribution in [0.4, 0.5) is 0 Å². The van der Waals surface area contributed by atoms with Gasteiger partial charge in [-0.1, -0.05) is 0 Å². The van der Waals surface area contributed by atoms with E-state index >= 15 is 0 Å². The molecule has 0 amide bonds. The molecule has 20 heavy (non-hydrogen) atoms. The Morgan fingerprint density at radius 1 is 1.25 bits per heavy atom. The Labute approximate surface area is 125 Å². The molecule has 0 radical (unpaired) electrons. The monoisotopic (exact) mass is 341 g/mol. The number of pyridine rings is 1. The molecule has 0 saturated carbocycles. The zero-order valence-corrected chi connectivity index (χ0v) is 13.4. The molecule has 108 valence electrons. The average Bonchev–Trinajstić information content (AvgIpc) is 2.25. The van der Waals surface area contributed by atoms with Gasteiger partial charge in [-0.05, 0) is 49.7 Å². The lowest BCUT2D eigenvalue weighted by Gasteiger charge is -2.22. The molecule has 1 heterocycles. The van der Waals surface area contributed by atoms with E-state index in [1.54, 1.807) is 20.8 Å². The van der Waals surface area contributed by atoms with Crippen molar-refractivity contribution in [3.63, 3.8) is 0 Å². The van der Waals surface area contributed by atoms with Gasteiger partial charge < -0.3 is 4.74 Å². The van der Waals surface area contributed by atoms with Crippen LogP contribution in [0.25, 0.3) is 0 Å². The minimum Gasteiger partial charge on any atom is -0.459 e. The fourth-order valence-electron chi connectivity index (χ4n) is 1.53. The van der Waals surface area contributed by atoms with Crippen LogP contribution in [0.2, 0.25) is 0 Å². The minimum atomic E-state index is -1.45. The first-order chi connectivity index (χ1) is 9.11. The quantitative estimate of drug-likeness (QED) is 0.478. The van der Waals surface area contributed by atoms with Gasteiger partial charge in [0.05, 0.1) is 0 Å². The summed E-state index contributed by atoms with van der Waals surface area (Å²) in [6, 6.07) is 1.51. The molecule has 1 unspecified atom stereocenters. The fourth-order valence-corrected chi connectivity index (χ4v) is 1.90. The zero-order chi connectivity index (χ0) is 15.5. The maximum Gasteiger partial charge on any atom is 0.325 e. The lowest BCUT2D eigenvalue weighted by atomic mass is 9.95. The molecule has 1 aromatic rings. The highest BCUT2D eigenvalue weighted by Crippen LogP contribution is 2.18. The summed E-state index contributed by atoms with van der Waals surface area (Å²) in [5.74, 6) is -3.45. The van der Waals surface area contributed by atoms with Crippen LogP contribution < -0.4 is 0 Å². The summed E-state index contributed by atoms with van der Waals surface area (Å²) in [7, 11) is 0. The van der Waals surface area contributed by atoms with E-state index in [0.717, 1.165) is 0 Å². The fraction of sp³-hybridized carbons (Fsp3) is 0.429. The number of ether oxygens (including phenoxy) is 1. The molecule has 0 saturated heterocycles. The van der Waals surface area contributed by atoms with Crippen molar-refractivity contribution < 1.29 is 19.1 Å². The number of nitrogens with zero attached hydrogens (tertiary/aromatic N) is 1. The Morgan fingerprint density at radius 3 is 2.30 bits per heavy atom. The number of hydrogen-bond donors (Lipinski definition) is 0. The highest BCUT2D eigenvalue weighted by molar-refractivity contribution is 9.10. The highest BCUT2D eigenvalue weighted by Gasteiger charge is 2.35. The van der Waals surface area contributed by atoms with Crippen LogP contribution in [-0.4, -0.2) is 28.1 Å². The minimum absolute atomic E-state index is 0.186. The zero-order valence-electron chi connectivity index (χ0n) is 11.8. The summed E-state index contributed by atoms with van der Waals surface area (Å²) in [5.41, 5.74) is -0.578. The standard InChI is InChI=1S/C14H16BrNO4/c1-8(17)11(13(19)20-14(2,3)4)12(18)9-5-10(15)7-16-6-9/h5-7,11H,1-4H3. The third kappa shape index (κ3) is 4.52. The van der Waals surface area contributed by atoms with Crippen molar-refractivity contribution in [3.8, 4) is 0 Å². The van der Waals surface area contributed by atoms with Crippen molar-refractivity contribution in [2.24, 2.45) is 5.92 Å². The highest BCUT2D eigenvalue weighted by atomic mass is 79.9. The maximum absolute atomic E-state index is 12.3. The Morgan fingerprint density at radius 2 is 1.85 bits per heavy atom. The number of carbonyl (C=O) groups excluding carboxylic acids is 3. The van der Waals surface area contributed by atoms with Crippen LogP contribution in [0, 0.1) is 5.92 Å². The van der Waals surface area contributed by atoms with Gasteiger partial charge in [-0.2, -0.15) is 0 Å². The van der Waals surface area contributed by atoms with Crippen LogP contribution in [0.15, 0.2) is 22.9 Å². The van der Waals surface area contributed by atoms with Crippen molar-refractivity contribution in [2.45, 2.75) is 33.3 Å². The van der Waals surface area contributed by atoms with E-state index in [0.29, 0.717) is 4.47 Å². The molecule has 0 fully saturated rings. The van der Waals surface area contributed by atoms with E-state index in [-0.39, 0.29) is 5.56 Å². The number of hydrogen-bond acceptors (Lipinski definition) is 5. The van der Waals surface area contributed by atoms with Gasteiger partial charge in [-0.25, -0.2) is 0 Å². The molecule has 0 aliphatic heterocycles. The van der Waals surface area contributed by atoms with Crippen LogP contribution in [0.1, 0.15) is 38.1 Å². The van der Waals surface area contributed by atoms with Crippen molar-refractivity contribution in [2.75, 3.05) is 0 Å². The van der Waals surface area contributed by atoms with Gasteiger partial charge >= 0.3 is 5.97 Å². The topological polar surface area (TPSA) is 73.3 Å². The van der Waals surface area contributed by atoms with Crippen LogP contribution >= 0.6 is 15.9 Å². The second-order valence-electron chi connectivity index (χ2n) is 5.33. The summed E-state index contributed by atoms with van der Waals surface area (Å²) >= 11 is 3.19. The molecule has 6 heteroatoms. The number of esters is 1. The summed E-state index contributed by atoms with van der Waals surface area (Å²) in [6.45, 7) is 6.21. The number of rotatable bonds is 4. The van der Waals surface area contributed by atoms with Crippen molar-refractivity contribution in [1.82, 2.24) is 4.98 Å². The lowest BCUT2D eigenvalue weighted by molar-refractivity contribution is -0.159. The van der Waals surface area contributed by atoms with Crippen molar-refractivity contribution in [1.29, 1.82) is 0 Å². The van der Waals surface area contributed by atoms with Gasteiger partial charge in [0.15, 0.2) is 17.5 Å². The number of carbonyl (C=O) groups is 3. The van der Waals surface area contributed by atoms with Gasteiger partial charge in [-0.15, -0.1) is 0 Å². The normalized spacial score (nSPS) is 12.7. The van der Waals surface area contributed by atoms with E-state index < -0.39 is 29.1 Å². The Bertz CT molecular complexity index is 548. The van der Waals surface area contributed by atoms with E-state index in [9.17, 15) is 14.4 Å². The van der Waals surface area contributed by atoms with Gasteiger partial charge in [-0.3, -0.25) is 19.4 Å². The first-order valence-electron chi connectivity index (χ1n) is 6.00. The first kappa shape index (κ1) is 16.5. The number of aromatic nitrogens is 1. The first-order valence-corrected chi connectivity index (χ1v) is 6.79. The van der Waals surface area contributed by atoms with Crippen LogP contribution in [0.3, 0.4) is 0 Å². The van der Waals surface area contributed by atoms with E-state index in [2.05, 4.69) is 20.9 Å². The molecule has 0 N–H and O–H groups in total. The molecule has 1 atom stereocenters. The maximum atomic E-state index is 12.3. The third-order valence-corrected chi connectivity index (χ3v) is 2.73. The van der Waals surface area contributed by atoms with Crippen LogP contribution in [-0.2, 0) is 14.3 Å². The van der Waals surface area contributed by atoms with Crippen molar-refractivity contribution in [3.05, 3.63) is 28.5 Å². The van der Waals surface area contributed by atoms with Gasteiger partial charge in [0.1, 0.15) is 5.60 Å². The second kappa shape index (κ2) is 6.26. The van der Waals surface area contributed by atoms with E-state index in [1.165, 1.54) is 25.4 Å². The number of ketones is 2. The molecule has 0 spiro atoms. The molecule has 0 aliphatic rings. The molecule has 0 aliphatic carbocycles. The summed E-state index contributed by atoms with van der Waals surface area (Å²) < 4.78 is 5.71. The Balaban J connectivity index is 3.06. The predicted octanol–water partition coefficient (Wildman–Crippen LogP) is 2.57. The summed E-state index contributed by atoms with van der Waals surface area (Å²) in [5, 5.41) is 0. The van der Waals surface area contributed by atoms with E-state index in [4.69, 9.17) is 4.74 Å². The predicted molar refractivity (Wildman–Crippen MR) is 76.3 cm³/mol. The second-order valence-corrected chi connectivity index (χ2v) is 6.25. The molecular weight excluding hydrogens is 326 g/mol. The molecule has 1 rings (SSSR count). The van der Waals surface area contributed by atoms with Gasteiger partial charge in [0.2, 0.25) is 0 Å². The molecule has 5 nitrogen and oxygen atoms in total.